The van der Waals surface area contributed by atoms with Gasteiger partial charge in [0.25, 0.3) is 0 Å². The molecule has 0 saturated heterocycles. The second-order valence-electron chi connectivity index (χ2n) is 4.94. The number of aromatic nitrogens is 4. The van der Waals surface area contributed by atoms with E-state index in [0.717, 1.165) is 22.4 Å². The van der Waals surface area contributed by atoms with Crippen molar-refractivity contribution in [3.05, 3.63) is 34.3 Å². The highest BCUT2D eigenvalue weighted by Crippen LogP contribution is 2.14. The van der Waals surface area contributed by atoms with Crippen LogP contribution in [0.2, 0.25) is 0 Å². The SMILES string of the molecule is CCn1ccc([C@H](C)NC(=O)CCn2ncc(Br)c2C)n1. The monoisotopic (exact) mass is 353 g/mol. The lowest BCUT2D eigenvalue weighted by molar-refractivity contribution is -0.122. The lowest BCUT2D eigenvalue weighted by Gasteiger charge is -2.12. The van der Waals surface area contributed by atoms with Gasteiger partial charge in [-0.1, -0.05) is 0 Å². The van der Waals surface area contributed by atoms with Crippen molar-refractivity contribution in [3.63, 3.8) is 0 Å². The molecule has 114 valence electrons. The minimum atomic E-state index is -0.0873. The maximum Gasteiger partial charge on any atom is 0.222 e. The van der Waals surface area contributed by atoms with Gasteiger partial charge in [0.2, 0.25) is 5.91 Å². The van der Waals surface area contributed by atoms with Crippen LogP contribution >= 0.6 is 15.9 Å². The van der Waals surface area contributed by atoms with E-state index >= 15 is 0 Å². The molecule has 2 aromatic heterocycles. The van der Waals surface area contributed by atoms with Crippen molar-refractivity contribution in [1.82, 2.24) is 24.9 Å². The fraction of sp³-hybridized carbons (Fsp3) is 0.500. The number of carbonyl (C=O) groups is 1. The molecule has 2 aromatic rings. The van der Waals surface area contributed by atoms with Gasteiger partial charge in [-0.25, -0.2) is 0 Å². The van der Waals surface area contributed by atoms with Gasteiger partial charge in [0.1, 0.15) is 0 Å². The van der Waals surface area contributed by atoms with Crippen molar-refractivity contribution >= 4 is 21.8 Å². The molecule has 7 heteroatoms. The lowest BCUT2D eigenvalue weighted by Crippen LogP contribution is -2.28. The number of amides is 1. The van der Waals surface area contributed by atoms with Crippen molar-refractivity contribution in [3.8, 4) is 0 Å². The maximum atomic E-state index is 12.0. The van der Waals surface area contributed by atoms with Gasteiger partial charge in [-0.15, -0.1) is 0 Å². The van der Waals surface area contributed by atoms with Crippen LogP contribution in [0.15, 0.2) is 22.9 Å². The fourth-order valence-corrected chi connectivity index (χ4v) is 2.32. The van der Waals surface area contributed by atoms with Crippen molar-refractivity contribution < 1.29 is 4.79 Å². The van der Waals surface area contributed by atoms with Crippen LogP contribution in [0.1, 0.15) is 37.7 Å². The highest BCUT2D eigenvalue weighted by Gasteiger charge is 2.13. The van der Waals surface area contributed by atoms with Crippen molar-refractivity contribution in [2.45, 2.75) is 46.3 Å². The number of hydrogen-bond donors (Lipinski definition) is 1. The van der Waals surface area contributed by atoms with Crippen LogP contribution in [0.4, 0.5) is 0 Å². The molecular weight excluding hydrogens is 334 g/mol. The number of rotatable bonds is 6. The zero-order chi connectivity index (χ0) is 15.4. The normalized spacial score (nSPS) is 12.4. The van der Waals surface area contributed by atoms with Gasteiger partial charge in [0.05, 0.1) is 22.4 Å². The second kappa shape index (κ2) is 6.89. The molecule has 1 amide bonds. The number of hydrogen-bond acceptors (Lipinski definition) is 3. The molecule has 0 aliphatic heterocycles. The summed E-state index contributed by atoms with van der Waals surface area (Å²) in [6.45, 7) is 7.34. The van der Waals surface area contributed by atoms with Gasteiger partial charge < -0.3 is 5.32 Å². The quantitative estimate of drug-likeness (QED) is 0.867. The average molecular weight is 354 g/mol. The van der Waals surface area contributed by atoms with Crippen LogP contribution < -0.4 is 5.32 Å². The van der Waals surface area contributed by atoms with Gasteiger partial charge in [-0.2, -0.15) is 10.2 Å². The van der Waals surface area contributed by atoms with Crippen LogP contribution in [-0.4, -0.2) is 25.5 Å². The molecule has 0 spiro atoms. The predicted molar refractivity (Wildman–Crippen MR) is 83.7 cm³/mol. The highest BCUT2D eigenvalue weighted by molar-refractivity contribution is 9.10. The summed E-state index contributed by atoms with van der Waals surface area (Å²) in [5, 5.41) is 11.6. The number of carbonyl (C=O) groups excluding carboxylic acids is 1. The molecule has 21 heavy (non-hydrogen) atoms. The molecule has 1 atom stereocenters. The number of aryl methyl sites for hydroxylation is 2. The molecule has 6 nitrogen and oxygen atoms in total. The van der Waals surface area contributed by atoms with Crippen LogP contribution in [0.5, 0.6) is 0 Å². The number of nitrogens with zero attached hydrogens (tertiary/aromatic N) is 4. The van der Waals surface area contributed by atoms with E-state index in [1.54, 1.807) is 6.20 Å². The summed E-state index contributed by atoms with van der Waals surface area (Å²) in [6, 6.07) is 1.85. The summed E-state index contributed by atoms with van der Waals surface area (Å²) < 4.78 is 4.63. The fourth-order valence-electron chi connectivity index (χ4n) is 2.03. The average Bonchev–Trinajstić information content (AvgIpc) is 3.06. The Hall–Kier alpha value is -1.63. The van der Waals surface area contributed by atoms with E-state index in [-0.39, 0.29) is 11.9 Å². The third kappa shape index (κ3) is 3.93. The van der Waals surface area contributed by atoms with Gasteiger partial charge in [-0.05, 0) is 42.8 Å². The van der Waals surface area contributed by atoms with E-state index in [9.17, 15) is 4.79 Å². The number of halogens is 1. The Morgan fingerprint density at radius 1 is 1.52 bits per heavy atom. The van der Waals surface area contributed by atoms with Crippen molar-refractivity contribution in [1.29, 1.82) is 0 Å². The lowest BCUT2D eigenvalue weighted by atomic mass is 10.2. The topological polar surface area (TPSA) is 64.7 Å². The Bertz CT molecular complexity index is 619. The molecule has 0 bridgehead atoms. The largest absolute Gasteiger partial charge is 0.348 e. The first-order chi connectivity index (χ1) is 10.0. The summed E-state index contributed by atoms with van der Waals surface area (Å²) in [5.41, 5.74) is 1.90. The van der Waals surface area contributed by atoms with Crippen molar-refractivity contribution in [2.24, 2.45) is 0 Å². The molecule has 0 radical (unpaired) electrons. The van der Waals surface area contributed by atoms with E-state index in [1.165, 1.54) is 0 Å². The van der Waals surface area contributed by atoms with Gasteiger partial charge >= 0.3 is 0 Å². The standard InChI is InChI=1S/C14H20BrN5O/c1-4-19-7-5-13(18-19)10(2)17-14(21)6-8-20-11(3)12(15)9-16-20/h5,7,9-10H,4,6,8H2,1-3H3,(H,17,21)/t10-/m0/s1. The molecule has 0 fully saturated rings. The van der Waals surface area contributed by atoms with Gasteiger partial charge in [0, 0.05) is 31.4 Å². The first-order valence-corrected chi connectivity index (χ1v) is 7.81. The Labute approximate surface area is 132 Å². The first kappa shape index (κ1) is 15.8. The molecule has 0 aliphatic carbocycles. The van der Waals surface area contributed by atoms with Gasteiger partial charge in [0.15, 0.2) is 0 Å². The maximum absolute atomic E-state index is 12.0. The third-order valence-corrected chi connectivity index (χ3v) is 4.18. The number of nitrogens with one attached hydrogen (secondary N) is 1. The van der Waals surface area contributed by atoms with Crippen LogP contribution in [0.25, 0.3) is 0 Å². The molecule has 0 unspecified atom stereocenters. The van der Waals surface area contributed by atoms with Crippen LogP contribution in [0, 0.1) is 6.92 Å². The Balaban J connectivity index is 1.85. The predicted octanol–water partition coefficient (Wildman–Crippen LogP) is 2.44. The molecule has 0 aromatic carbocycles. The summed E-state index contributed by atoms with van der Waals surface area (Å²) >= 11 is 3.41. The van der Waals surface area contributed by atoms with E-state index in [0.29, 0.717) is 13.0 Å². The summed E-state index contributed by atoms with van der Waals surface area (Å²) in [6.07, 6.45) is 4.06. The molecule has 2 heterocycles. The highest BCUT2D eigenvalue weighted by atomic mass is 79.9. The van der Waals surface area contributed by atoms with E-state index < -0.39 is 0 Å². The second-order valence-corrected chi connectivity index (χ2v) is 5.79. The summed E-state index contributed by atoms with van der Waals surface area (Å²) in [7, 11) is 0. The molecular formula is C14H20BrN5O. The Morgan fingerprint density at radius 3 is 2.86 bits per heavy atom. The first-order valence-electron chi connectivity index (χ1n) is 7.02. The van der Waals surface area contributed by atoms with Gasteiger partial charge in [-0.3, -0.25) is 14.2 Å². The molecule has 2 rings (SSSR count). The summed E-state index contributed by atoms with van der Waals surface area (Å²) in [4.78, 5) is 12.0. The van der Waals surface area contributed by atoms with E-state index in [2.05, 4.69) is 31.4 Å². The smallest absolute Gasteiger partial charge is 0.222 e. The van der Waals surface area contributed by atoms with Crippen molar-refractivity contribution in [2.75, 3.05) is 0 Å². The molecule has 0 saturated carbocycles. The van der Waals surface area contributed by atoms with Crippen LogP contribution in [-0.2, 0) is 17.9 Å². The zero-order valence-corrected chi connectivity index (χ0v) is 14.1. The molecule has 0 aliphatic rings. The van der Waals surface area contributed by atoms with E-state index in [1.807, 2.05) is 42.4 Å². The Kier molecular flexibility index (Phi) is 5.17. The third-order valence-electron chi connectivity index (χ3n) is 3.40. The minimum absolute atomic E-state index is 0.000397. The minimum Gasteiger partial charge on any atom is -0.348 e. The Morgan fingerprint density at radius 2 is 2.29 bits per heavy atom. The zero-order valence-electron chi connectivity index (χ0n) is 12.5. The summed E-state index contributed by atoms with van der Waals surface area (Å²) in [5.74, 6) is -0.000397. The van der Waals surface area contributed by atoms with E-state index in [4.69, 9.17) is 0 Å². The molecule has 1 N–H and O–H groups in total. The van der Waals surface area contributed by atoms with Crippen LogP contribution in [0.3, 0.4) is 0 Å².